The van der Waals surface area contributed by atoms with Gasteiger partial charge in [-0.3, -0.25) is 15.0 Å². The first kappa shape index (κ1) is 37.0. The van der Waals surface area contributed by atoms with E-state index in [9.17, 15) is 19.1 Å². The highest BCUT2D eigenvalue weighted by Gasteiger charge is 2.35. The molecule has 7 nitrogen and oxygen atoms in total. The molecule has 0 spiro atoms. The molecule has 0 radical (unpaired) electrons. The van der Waals surface area contributed by atoms with Gasteiger partial charge < -0.3 is 15.2 Å². The summed E-state index contributed by atoms with van der Waals surface area (Å²) in [5.74, 6) is 0.229. The molecule has 3 N–H and O–H groups in total. The number of imide groups is 1. The number of hydrogen-bond donors (Lipinski definition) is 3. The van der Waals surface area contributed by atoms with E-state index in [1.165, 1.54) is 17.0 Å². The predicted octanol–water partition coefficient (Wildman–Crippen LogP) is 8.46. The van der Waals surface area contributed by atoms with Crippen LogP contribution < -0.4 is 15.4 Å². The highest BCUT2D eigenvalue weighted by molar-refractivity contribution is 6.01. The van der Waals surface area contributed by atoms with Gasteiger partial charge in [0, 0.05) is 18.7 Å². The molecular formula is C43H46FN3O4. The van der Waals surface area contributed by atoms with E-state index in [1.807, 2.05) is 24.3 Å². The summed E-state index contributed by atoms with van der Waals surface area (Å²) in [5.41, 5.74) is 4.90. The molecule has 3 amide bonds. The number of hydrogen-bond acceptors (Lipinski definition) is 5. The topological polar surface area (TPSA) is 90.9 Å². The van der Waals surface area contributed by atoms with Crippen molar-refractivity contribution in [3.63, 3.8) is 0 Å². The number of ether oxygens (including phenoxy) is 1. The highest BCUT2D eigenvalue weighted by atomic mass is 19.1. The third-order valence-corrected chi connectivity index (χ3v) is 9.09. The molecule has 264 valence electrons. The van der Waals surface area contributed by atoms with Crippen LogP contribution in [-0.4, -0.2) is 42.1 Å². The summed E-state index contributed by atoms with van der Waals surface area (Å²) in [6.45, 7) is 0.863. The van der Waals surface area contributed by atoms with Gasteiger partial charge in [-0.15, -0.1) is 0 Å². The highest BCUT2D eigenvalue weighted by Crippen LogP contribution is 2.37. The van der Waals surface area contributed by atoms with E-state index in [0.717, 1.165) is 46.4 Å². The van der Waals surface area contributed by atoms with Crippen molar-refractivity contribution in [3.05, 3.63) is 167 Å². The summed E-state index contributed by atoms with van der Waals surface area (Å²) >= 11 is 0. The van der Waals surface area contributed by atoms with E-state index in [2.05, 4.69) is 71.3 Å². The zero-order valence-electron chi connectivity index (χ0n) is 29.1. The van der Waals surface area contributed by atoms with Gasteiger partial charge in [-0.2, -0.15) is 0 Å². The number of benzene rings is 5. The second kappa shape index (κ2) is 18.6. The van der Waals surface area contributed by atoms with Gasteiger partial charge in [0.1, 0.15) is 11.6 Å². The molecular weight excluding hydrogens is 641 g/mol. The van der Waals surface area contributed by atoms with Crippen molar-refractivity contribution < 1.29 is 23.8 Å². The first-order valence-corrected chi connectivity index (χ1v) is 17.5. The van der Waals surface area contributed by atoms with Crippen LogP contribution in [0.25, 0.3) is 0 Å². The lowest BCUT2D eigenvalue weighted by molar-refractivity contribution is -0.128. The molecule has 5 aromatic carbocycles. The Hall–Kier alpha value is -5.31. The first-order chi connectivity index (χ1) is 24.9. The Bertz CT molecular complexity index is 1760. The number of halogens is 1. The number of carbonyl (C=O) groups is 2. The van der Waals surface area contributed by atoms with Crippen LogP contribution in [0.4, 0.5) is 14.9 Å². The van der Waals surface area contributed by atoms with Crippen molar-refractivity contribution in [2.24, 2.45) is 0 Å². The van der Waals surface area contributed by atoms with E-state index < -0.39 is 11.6 Å². The Balaban J connectivity index is 1.25. The smallest absolute Gasteiger partial charge is 0.328 e. The maximum atomic E-state index is 13.4. The molecule has 0 heterocycles. The normalized spacial score (nSPS) is 11.2. The van der Waals surface area contributed by atoms with Crippen LogP contribution in [0.2, 0.25) is 0 Å². The van der Waals surface area contributed by atoms with Gasteiger partial charge >= 0.3 is 6.03 Å². The van der Waals surface area contributed by atoms with Gasteiger partial charge in [0.25, 0.3) is 0 Å². The van der Waals surface area contributed by atoms with Gasteiger partial charge in [-0.25, -0.2) is 9.18 Å². The van der Waals surface area contributed by atoms with E-state index in [-0.39, 0.29) is 31.3 Å². The predicted molar refractivity (Wildman–Crippen MR) is 200 cm³/mol. The Morgan fingerprint density at radius 1 is 0.706 bits per heavy atom. The van der Waals surface area contributed by atoms with Crippen LogP contribution >= 0.6 is 0 Å². The second-order valence-electron chi connectivity index (χ2n) is 12.5. The molecule has 0 aliphatic heterocycles. The van der Waals surface area contributed by atoms with Crippen LogP contribution in [0.1, 0.15) is 59.9 Å². The van der Waals surface area contributed by atoms with Crippen LogP contribution in [-0.2, 0) is 23.4 Å². The molecule has 0 atom stereocenters. The van der Waals surface area contributed by atoms with Crippen molar-refractivity contribution in [1.82, 2.24) is 10.2 Å². The van der Waals surface area contributed by atoms with Crippen molar-refractivity contribution in [2.75, 3.05) is 25.5 Å². The fourth-order valence-electron chi connectivity index (χ4n) is 6.32. The standard InChI is InChI=1S/C43H46FN3O4/c1-51-40-28-22-37(23-29-40)43(35-13-5-2-6-14-35,36-15-7-3-8-16-36)45-30-9-4-10-31-47(42(50)46-39-26-20-34(32-48)21-27-39)41(49)17-11-12-33-18-24-38(44)25-19-33/h2-3,5-8,13-16,18-29,45,48H,4,9-12,17,30-32H2,1H3,(H,46,50). The Morgan fingerprint density at radius 2 is 1.29 bits per heavy atom. The number of urea groups is 1. The summed E-state index contributed by atoms with van der Waals surface area (Å²) in [4.78, 5) is 28.2. The molecule has 0 saturated heterocycles. The largest absolute Gasteiger partial charge is 0.497 e. The van der Waals surface area contributed by atoms with E-state index in [1.54, 1.807) is 43.5 Å². The van der Waals surface area contributed by atoms with E-state index in [0.29, 0.717) is 31.5 Å². The molecule has 0 fully saturated rings. The summed E-state index contributed by atoms with van der Waals surface area (Å²) in [6, 6.07) is 41.6. The van der Waals surface area contributed by atoms with Crippen molar-refractivity contribution in [3.8, 4) is 5.75 Å². The number of aliphatic hydroxyl groups is 1. The lowest BCUT2D eigenvalue weighted by Gasteiger charge is -2.37. The lowest BCUT2D eigenvalue weighted by atomic mass is 9.77. The molecule has 0 saturated carbocycles. The van der Waals surface area contributed by atoms with E-state index >= 15 is 0 Å². The van der Waals surface area contributed by atoms with E-state index in [4.69, 9.17) is 4.74 Å². The van der Waals surface area contributed by atoms with Gasteiger partial charge in [-0.1, -0.05) is 103 Å². The average Bonchev–Trinajstić information content (AvgIpc) is 3.18. The molecule has 0 bridgehead atoms. The zero-order chi connectivity index (χ0) is 35.9. The van der Waals surface area contributed by atoms with Crippen molar-refractivity contribution in [2.45, 2.75) is 50.7 Å². The van der Waals surface area contributed by atoms with Crippen molar-refractivity contribution in [1.29, 1.82) is 0 Å². The van der Waals surface area contributed by atoms with Crippen LogP contribution in [0.3, 0.4) is 0 Å². The number of aliphatic hydroxyl groups excluding tert-OH is 1. The maximum absolute atomic E-state index is 13.4. The Kier molecular flexibility index (Phi) is 13.5. The number of aryl methyl sites for hydroxylation is 1. The number of amides is 3. The second-order valence-corrected chi connectivity index (χ2v) is 12.5. The Labute approximate surface area is 300 Å². The molecule has 0 unspecified atom stereocenters. The summed E-state index contributed by atoms with van der Waals surface area (Å²) in [6.07, 6.45) is 3.56. The number of nitrogens with one attached hydrogen (secondary N) is 2. The minimum Gasteiger partial charge on any atom is -0.497 e. The summed E-state index contributed by atoms with van der Waals surface area (Å²) < 4.78 is 18.8. The average molecular weight is 688 g/mol. The number of carbonyl (C=O) groups excluding carboxylic acids is 2. The van der Waals surface area contributed by atoms with Crippen LogP contribution in [0, 0.1) is 5.82 Å². The lowest BCUT2D eigenvalue weighted by Crippen LogP contribution is -2.45. The molecule has 51 heavy (non-hydrogen) atoms. The van der Waals surface area contributed by atoms with Crippen LogP contribution in [0.5, 0.6) is 5.75 Å². The molecule has 0 aliphatic rings. The van der Waals surface area contributed by atoms with Gasteiger partial charge in [0.15, 0.2) is 0 Å². The minimum absolute atomic E-state index is 0.0976. The van der Waals surface area contributed by atoms with Gasteiger partial charge in [0.2, 0.25) is 5.91 Å². The number of anilines is 1. The number of nitrogens with zero attached hydrogens (tertiary/aromatic N) is 1. The molecule has 5 aromatic rings. The zero-order valence-corrected chi connectivity index (χ0v) is 29.1. The Morgan fingerprint density at radius 3 is 1.88 bits per heavy atom. The van der Waals surface area contributed by atoms with Crippen molar-refractivity contribution >= 4 is 17.6 Å². The third-order valence-electron chi connectivity index (χ3n) is 9.09. The third kappa shape index (κ3) is 9.90. The number of unbranched alkanes of at least 4 members (excludes halogenated alkanes) is 2. The van der Waals surface area contributed by atoms with Gasteiger partial charge in [-0.05, 0) is 96.4 Å². The fraction of sp³-hybridized carbons (Fsp3) is 0.256. The number of methoxy groups -OCH3 is 1. The fourth-order valence-corrected chi connectivity index (χ4v) is 6.32. The summed E-state index contributed by atoms with van der Waals surface area (Å²) in [7, 11) is 1.66. The monoisotopic (exact) mass is 687 g/mol. The minimum atomic E-state index is -0.618. The molecule has 8 heteroatoms. The molecule has 0 aliphatic carbocycles. The SMILES string of the molecule is COc1ccc(C(NCCCCCN(C(=O)CCCc2ccc(F)cc2)C(=O)Nc2ccc(CO)cc2)(c2ccccc2)c2ccccc2)cc1. The van der Waals surface area contributed by atoms with Crippen LogP contribution in [0.15, 0.2) is 133 Å². The molecule has 5 rings (SSSR count). The number of rotatable bonds is 17. The van der Waals surface area contributed by atoms with Gasteiger partial charge in [0.05, 0.1) is 19.3 Å². The quantitative estimate of drug-likeness (QED) is 0.0674. The molecule has 0 aromatic heterocycles. The first-order valence-electron chi connectivity index (χ1n) is 17.5. The maximum Gasteiger partial charge on any atom is 0.328 e. The summed E-state index contributed by atoms with van der Waals surface area (Å²) in [5, 5.41) is 16.1.